The summed E-state index contributed by atoms with van der Waals surface area (Å²) < 4.78 is 5.51. The third kappa shape index (κ3) is 4.95. The van der Waals surface area contributed by atoms with Gasteiger partial charge in [0.2, 0.25) is 5.91 Å². The van der Waals surface area contributed by atoms with Crippen LogP contribution in [0.5, 0.6) is 5.75 Å². The van der Waals surface area contributed by atoms with Crippen LogP contribution in [-0.4, -0.2) is 42.3 Å². The first-order valence-electron chi connectivity index (χ1n) is 9.53. The fraction of sp³-hybridized carbons (Fsp3) is 0.381. The number of nitrogens with one attached hydrogen (secondary N) is 1. The second-order valence-electron chi connectivity index (χ2n) is 7.10. The molecule has 1 aliphatic rings. The van der Waals surface area contributed by atoms with E-state index in [0.29, 0.717) is 42.2 Å². The van der Waals surface area contributed by atoms with Crippen molar-refractivity contribution in [1.82, 2.24) is 4.90 Å². The Labute approximate surface area is 173 Å². The highest BCUT2D eigenvalue weighted by Crippen LogP contribution is 2.33. The molecule has 0 aliphatic carbocycles. The van der Waals surface area contributed by atoms with Crippen LogP contribution < -0.4 is 15.8 Å². The summed E-state index contributed by atoms with van der Waals surface area (Å²) in [7, 11) is 0. The molecule has 3 N–H and O–H groups in total. The van der Waals surface area contributed by atoms with Crippen LogP contribution in [0.3, 0.4) is 0 Å². The first kappa shape index (κ1) is 20.9. The quantitative estimate of drug-likeness (QED) is 0.757. The SMILES string of the molecule is Cc1sc(NC(=O)C2CCN(C(=O)COc3ccccc3)CC2)c(C(N)=O)c1C. The lowest BCUT2D eigenvalue weighted by molar-refractivity contribution is -0.136. The summed E-state index contributed by atoms with van der Waals surface area (Å²) in [6.45, 7) is 4.70. The number of anilines is 1. The maximum atomic E-state index is 12.7. The van der Waals surface area contributed by atoms with E-state index >= 15 is 0 Å². The molecule has 2 aromatic rings. The standard InChI is InChI=1S/C21H25N3O4S/c1-13-14(2)29-21(18(13)19(22)26)23-20(27)15-8-10-24(11-9-15)17(25)12-28-16-6-4-3-5-7-16/h3-7,15H,8-12H2,1-2H3,(H2,22,26)(H,23,27). The smallest absolute Gasteiger partial charge is 0.260 e. The Morgan fingerprint density at radius 2 is 1.83 bits per heavy atom. The van der Waals surface area contributed by atoms with E-state index in [1.807, 2.05) is 32.0 Å². The Morgan fingerprint density at radius 1 is 1.17 bits per heavy atom. The summed E-state index contributed by atoms with van der Waals surface area (Å²) in [5.41, 5.74) is 6.65. The average molecular weight is 416 g/mol. The van der Waals surface area contributed by atoms with Crippen LogP contribution in [0.2, 0.25) is 0 Å². The number of carbonyl (C=O) groups excluding carboxylic acids is 3. The fourth-order valence-corrected chi connectivity index (χ4v) is 4.44. The van der Waals surface area contributed by atoms with Gasteiger partial charge in [-0.1, -0.05) is 18.2 Å². The van der Waals surface area contributed by atoms with Crippen LogP contribution in [-0.2, 0) is 9.59 Å². The van der Waals surface area contributed by atoms with E-state index in [0.717, 1.165) is 10.4 Å². The molecular weight excluding hydrogens is 390 g/mol. The fourth-order valence-electron chi connectivity index (χ4n) is 3.37. The zero-order chi connectivity index (χ0) is 21.0. The van der Waals surface area contributed by atoms with Gasteiger partial charge in [0, 0.05) is 23.9 Å². The second kappa shape index (κ2) is 9.09. The maximum absolute atomic E-state index is 12.7. The topological polar surface area (TPSA) is 102 Å². The van der Waals surface area contributed by atoms with E-state index < -0.39 is 5.91 Å². The number of hydrogen-bond donors (Lipinski definition) is 2. The Kier molecular flexibility index (Phi) is 6.53. The summed E-state index contributed by atoms with van der Waals surface area (Å²) in [5.74, 6) is -0.324. The largest absolute Gasteiger partial charge is 0.484 e. The molecule has 3 amide bonds. The van der Waals surface area contributed by atoms with Gasteiger partial charge in [0.05, 0.1) is 5.56 Å². The lowest BCUT2D eigenvalue weighted by atomic mass is 9.96. The molecule has 1 aromatic carbocycles. The van der Waals surface area contributed by atoms with Gasteiger partial charge < -0.3 is 20.7 Å². The second-order valence-corrected chi connectivity index (χ2v) is 8.32. The first-order valence-corrected chi connectivity index (χ1v) is 10.3. The van der Waals surface area contributed by atoms with Crippen LogP contribution in [0.15, 0.2) is 30.3 Å². The molecule has 1 saturated heterocycles. The number of amides is 3. The highest BCUT2D eigenvalue weighted by molar-refractivity contribution is 7.16. The number of piperidine rings is 1. The molecule has 0 saturated carbocycles. The number of para-hydroxylation sites is 1. The van der Waals surface area contributed by atoms with Crippen molar-refractivity contribution >= 4 is 34.1 Å². The first-order chi connectivity index (χ1) is 13.9. The van der Waals surface area contributed by atoms with Crippen LogP contribution in [0.4, 0.5) is 5.00 Å². The van der Waals surface area contributed by atoms with Crippen molar-refractivity contribution < 1.29 is 19.1 Å². The van der Waals surface area contributed by atoms with E-state index in [9.17, 15) is 14.4 Å². The van der Waals surface area contributed by atoms with Gasteiger partial charge in [-0.25, -0.2) is 0 Å². The van der Waals surface area contributed by atoms with Crippen molar-refractivity contribution in [1.29, 1.82) is 0 Å². The van der Waals surface area contributed by atoms with Gasteiger partial charge >= 0.3 is 0 Å². The molecule has 1 aromatic heterocycles. The zero-order valence-electron chi connectivity index (χ0n) is 16.6. The molecule has 0 unspecified atom stereocenters. The van der Waals surface area contributed by atoms with E-state index in [1.54, 1.807) is 17.0 Å². The lowest BCUT2D eigenvalue weighted by Gasteiger charge is -2.31. The third-order valence-corrected chi connectivity index (χ3v) is 6.32. The Bertz CT molecular complexity index is 902. The maximum Gasteiger partial charge on any atom is 0.260 e. The number of carbonyl (C=O) groups is 3. The Hall–Kier alpha value is -2.87. The lowest BCUT2D eigenvalue weighted by Crippen LogP contribution is -2.43. The minimum Gasteiger partial charge on any atom is -0.484 e. The number of hydrogen-bond acceptors (Lipinski definition) is 5. The number of aryl methyl sites for hydroxylation is 1. The molecule has 29 heavy (non-hydrogen) atoms. The molecule has 7 nitrogen and oxygen atoms in total. The van der Waals surface area contributed by atoms with Gasteiger partial charge in [-0.15, -0.1) is 11.3 Å². The number of nitrogens with zero attached hydrogens (tertiary/aromatic N) is 1. The van der Waals surface area contributed by atoms with Crippen molar-refractivity contribution in [3.63, 3.8) is 0 Å². The molecule has 1 aliphatic heterocycles. The number of likely N-dealkylation sites (tertiary alicyclic amines) is 1. The highest BCUT2D eigenvalue weighted by atomic mass is 32.1. The van der Waals surface area contributed by atoms with Gasteiger partial charge in [0.25, 0.3) is 11.8 Å². The number of benzene rings is 1. The molecule has 0 atom stereocenters. The minimum atomic E-state index is -0.541. The number of primary amides is 1. The van der Waals surface area contributed by atoms with Crippen molar-refractivity contribution in [3.05, 3.63) is 46.3 Å². The summed E-state index contributed by atoms with van der Waals surface area (Å²) in [6, 6.07) is 9.19. The van der Waals surface area contributed by atoms with Crippen LogP contribution in [0, 0.1) is 19.8 Å². The predicted molar refractivity (Wildman–Crippen MR) is 112 cm³/mol. The van der Waals surface area contributed by atoms with Gasteiger partial charge in [-0.3, -0.25) is 14.4 Å². The number of thiophene rings is 1. The van der Waals surface area contributed by atoms with Crippen LogP contribution in [0.1, 0.15) is 33.6 Å². The Balaban J connectivity index is 1.51. The zero-order valence-corrected chi connectivity index (χ0v) is 17.4. The molecule has 2 heterocycles. The molecule has 0 bridgehead atoms. The Morgan fingerprint density at radius 3 is 2.45 bits per heavy atom. The molecule has 0 spiro atoms. The molecular formula is C21H25N3O4S. The summed E-state index contributed by atoms with van der Waals surface area (Å²) in [6.07, 6.45) is 1.14. The molecule has 0 radical (unpaired) electrons. The van der Waals surface area contributed by atoms with E-state index in [4.69, 9.17) is 10.5 Å². The van der Waals surface area contributed by atoms with Crippen molar-refractivity contribution in [3.8, 4) is 5.75 Å². The van der Waals surface area contributed by atoms with Crippen LogP contribution in [0.25, 0.3) is 0 Å². The number of nitrogens with two attached hydrogens (primary N) is 1. The van der Waals surface area contributed by atoms with Crippen LogP contribution >= 0.6 is 11.3 Å². The summed E-state index contributed by atoms with van der Waals surface area (Å²) >= 11 is 1.36. The summed E-state index contributed by atoms with van der Waals surface area (Å²) in [5, 5.41) is 3.37. The molecule has 154 valence electrons. The van der Waals surface area contributed by atoms with Crippen molar-refractivity contribution in [2.45, 2.75) is 26.7 Å². The van der Waals surface area contributed by atoms with Gasteiger partial charge in [-0.2, -0.15) is 0 Å². The predicted octanol–water partition coefficient (Wildman–Crippen LogP) is 2.72. The van der Waals surface area contributed by atoms with E-state index in [1.165, 1.54) is 11.3 Å². The third-order valence-electron chi connectivity index (χ3n) is 5.19. The normalized spacial score (nSPS) is 14.5. The van der Waals surface area contributed by atoms with E-state index in [-0.39, 0.29) is 24.3 Å². The average Bonchev–Trinajstić information content (AvgIpc) is 3.00. The van der Waals surface area contributed by atoms with E-state index in [2.05, 4.69) is 5.32 Å². The van der Waals surface area contributed by atoms with Gasteiger partial charge in [0.15, 0.2) is 6.61 Å². The number of ether oxygens (including phenoxy) is 1. The molecule has 1 fully saturated rings. The summed E-state index contributed by atoms with van der Waals surface area (Å²) in [4.78, 5) is 39.4. The van der Waals surface area contributed by atoms with Gasteiger partial charge in [-0.05, 0) is 44.4 Å². The highest BCUT2D eigenvalue weighted by Gasteiger charge is 2.29. The monoisotopic (exact) mass is 415 g/mol. The van der Waals surface area contributed by atoms with Crippen molar-refractivity contribution in [2.75, 3.05) is 25.0 Å². The number of rotatable bonds is 6. The van der Waals surface area contributed by atoms with Crippen molar-refractivity contribution in [2.24, 2.45) is 11.7 Å². The molecule has 8 heteroatoms. The minimum absolute atomic E-state index is 0.0173. The molecule has 3 rings (SSSR count). The van der Waals surface area contributed by atoms with Gasteiger partial charge in [0.1, 0.15) is 10.8 Å².